The standard InChI is InChI=1S/C12H15N3O2/c1-12(2,14-8-16)11-13-7-9-10(17-3)5-4-6-15(9)11/h4-8H,1-3H3,(H,14,16). The first-order valence-corrected chi connectivity index (χ1v) is 5.32. The van der Waals surface area contributed by atoms with Crippen molar-refractivity contribution in [3.63, 3.8) is 0 Å². The molecular weight excluding hydrogens is 218 g/mol. The fourth-order valence-electron chi connectivity index (χ4n) is 1.84. The fourth-order valence-corrected chi connectivity index (χ4v) is 1.84. The lowest BCUT2D eigenvalue weighted by atomic mass is 10.1. The molecule has 2 rings (SSSR count). The van der Waals surface area contributed by atoms with Crippen LogP contribution in [0, 0.1) is 0 Å². The SMILES string of the molecule is COc1cccn2c(C(C)(C)NC=O)ncc12. The highest BCUT2D eigenvalue weighted by Crippen LogP contribution is 2.25. The number of rotatable bonds is 4. The van der Waals surface area contributed by atoms with E-state index in [0.717, 1.165) is 17.1 Å². The van der Waals surface area contributed by atoms with Crippen LogP contribution in [0.5, 0.6) is 5.75 Å². The Morgan fingerprint density at radius 1 is 1.53 bits per heavy atom. The van der Waals surface area contributed by atoms with Crippen LogP contribution in [-0.2, 0) is 10.3 Å². The molecule has 0 radical (unpaired) electrons. The van der Waals surface area contributed by atoms with E-state index >= 15 is 0 Å². The third-order valence-corrected chi connectivity index (χ3v) is 2.73. The van der Waals surface area contributed by atoms with Gasteiger partial charge in [-0.1, -0.05) is 0 Å². The zero-order chi connectivity index (χ0) is 12.5. The molecule has 5 heteroatoms. The normalized spacial score (nSPS) is 11.5. The van der Waals surface area contributed by atoms with Crippen molar-refractivity contribution in [2.45, 2.75) is 19.4 Å². The molecule has 0 aliphatic carbocycles. The number of aromatic nitrogens is 2. The van der Waals surface area contributed by atoms with E-state index in [9.17, 15) is 4.79 Å². The average molecular weight is 233 g/mol. The molecule has 1 amide bonds. The average Bonchev–Trinajstić information content (AvgIpc) is 2.72. The molecule has 2 aromatic heterocycles. The second kappa shape index (κ2) is 4.08. The summed E-state index contributed by atoms with van der Waals surface area (Å²) in [5, 5.41) is 2.75. The number of hydrogen-bond donors (Lipinski definition) is 1. The molecule has 0 unspecified atom stereocenters. The number of nitrogens with zero attached hydrogens (tertiary/aromatic N) is 2. The van der Waals surface area contributed by atoms with E-state index in [0.29, 0.717) is 6.41 Å². The Morgan fingerprint density at radius 3 is 2.94 bits per heavy atom. The van der Waals surface area contributed by atoms with Gasteiger partial charge in [-0.15, -0.1) is 0 Å². The lowest BCUT2D eigenvalue weighted by Crippen LogP contribution is -2.37. The van der Waals surface area contributed by atoms with E-state index in [2.05, 4.69) is 10.3 Å². The van der Waals surface area contributed by atoms with Gasteiger partial charge in [0, 0.05) is 6.20 Å². The molecule has 0 bridgehead atoms. The second-order valence-electron chi connectivity index (χ2n) is 4.30. The topological polar surface area (TPSA) is 55.6 Å². The number of carbonyl (C=O) groups is 1. The summed E-state index contributed by atoms with van der Waals surface area (Å²) in [6.45, 7) is 3.80. The van der Waals surface area contributed by atoms with Gasteiger partial charge < -0.3 is 10.1 Å². The van der Waals surface area contributed by atoms with Crippen LogP contribution < -0.4 is 10.1 Å². The summed E-state index contributed by atoms with van der Waals surface area (Å²) in [6, 6.07) is 3.76. The first-order valence-electron chi connectivity index (χ1n) is 5.32. The molecule has 0 saturated carbocycles. The van der Waals surface area contributed by atoms with E-state index in [1.165, 1.54) is 0 Å². The van der Waals surface area contributed by atoms with Gasteiger partial charge in [0.05, 0.1) is 18.8 Å². The number of imidazole rings is 1. The van der Waals surface area contributed by atoms with E-state index in [-0.39, 0.29) is 0 Å². The predicted octanol–water partition coefficient (Wildman–Crippen LogP) is 1.32. The highest BCUT2D eigenvalue weighted by Gasteiger charge is 2.25. The van der Waals surface area contributed by atoms with Crippen LogP contribution in [0.25, 0.3) is 5.52 Å². The molecule has 0 spiro atoms. The van der Waals surface area contributed by atoms with Gasteiger partial charge >= 0.3 is 0 Å². The molecule has 0 saturated heterocycles. The summed E-state index contributed by atoms with van der Waals surface area (Å²) in [5.74, 6) is 1.52. The summed E-state index contributed by atoms with van der Waals surface area (Å²) in [4.78, 5) is 15.0. The minimum atomic E-state index is -0.527. The number of carbonyl (C=O) groups excluding carboxylic acids is 1. The van der Waals surface area contributed by atoms with Crippen molar-refractivity contribution < 1.29 is 9.53 Å². The number of hydrogen-bond acceptors (Lipinski definition) is 3. The quantitative estimate of drug-likeness (QED) is 0.810. The number of methoxy groups -OCH3 is 1. The molecular formula is C12H15N3O2. The van der Waals surface area contributed by atoms with E-state index in [1.54, 1.807) is 13.3 Å². The Bertz CT molecular complexity index is 546. The maximum Gasteiger partial charge on any atom is 0.207 e. The summed E-state index contributed by atoms with van der Waals surface area (Å²) in [5.41, 5.74) is 0.353. The van der Waals surface area contributed by atoms with Crippen molar-refractivity contribution in [2.75, 3.05) is 7.11 Å². The van der Waals surface area contributed by atoms with Gasteiger partial charge in [-0.05, 0) is 26.0 Å². The maximum absolute atomic E-state index is 10.6. The van der Waals surface area contributed by atoms with Crippen molar-refractivity contribution >= 4 is 11.9 Å². The smallest absolute Gasteiger partial charge is 0.207 e. The van der Waals surface area contributed by atoms with Gasteiger partial charge in [0.2, 0.25) is 6.41 Å². The van der Waals surface area contributed by atoms with Crippen molar-refractivity contribution in [2.24, 2.45) is 0 Å². The molecule has 0 aromatic carbocycles. The molecule has 90 valence electrons. The van der Waals surface area contributed by atoms with Crippen LogP contribution in [0.1, 0.15) is 19.7 Å². The molecule has 1 N–H and O–H groups in total. The van der Waals surface area contributed by atoms with Crippen molar-refractivity contribution in [1.29, 1.82) is 0 Å². The van der Waals surface area contributed by atoms with Gasteiger partial charge in [0.15, 0.2) is 0 Å². The van der Waals surface area contributed by atoms with Gasteiger partial charge in [-0.3, -0.25) is 9.20 Å². The highest BCUT2D eigenvalue weighted by atomic mass is 16.5. The van der Waals surface area contributed by atoms with Crippen molar-refractivity contribution in [3.8, 4) is 5.75 Å². The fraction of sp³-hybridized carbons (Fsp3) is 0.333. The summed E-state index contributed by atoms with van der Waals surface area (Å²) in [7, 11) is 1.62. The molecule has 0 fully saturated rings. The summed E-state index contributed by atoms with van der Waals surface area (Å²) < 4.78 is 7.17. The Morgan fingerprint density at radius 2 is 2.29 bits per heavy atom. The van der Waals surface area contributed by atoms with E-state index in [4.69, 9.17) is 4.74 Å². The lowest BCUT2D eigenvalue weighted by molar-refractivity contribution is -0.111. The second-order valence-corrected chi connectivity index (χ2v) is 4.30. The van der Waals surface area contributed by atoms with Crippen molar-refractivity contribution in [1.82, 2.24) is 14.7 Å². The Labute approximate surface area is 99.4 Å². The van der Waals surface area contributed by atoms with Gasteiger partial charge in [0.1, 0.15) is 17.1 Å². The highest BCUT2D eigenvalue weighted by molar-refractivity contribution is 5.60. The number of ether oxygens (including phenoxy) is 1. The minimum Gasteiger partial charge on any atom is -0.494 e. The van der Waals surface area contributed by atoms with Crippen LogP contribution in [0.4, 0.5) is 0 Å². The van der Waals surface area contributed by atoms with Gasteiger partial charge in [-0.25, -0.2) is 4.98 Å². The van der Waals surface area contributed by atoms with Crippen LogP contribution in [0.15, 0.2) is 24.5 Å². The molecule has 0 aliphatic rings. The molecule has 5 nitrogen and oxygen atoms in total. The Balaban J connectivity index is 2.61. The predicted molar refractivity (Wildman–Crippen MR) is 64.0 cm³/mol. The minimum absolute atomic E-state index is 0.527. The molecule has 2 aromatic rings. The van der Waals surface area contributed by atoms with Crippen LogP contribution in [0.3, 0.4) is 0 Å². The van der Waals surface area contributed by atoms with Gasteiger partial charge in [-0.2, -0.15) is 0 Å². The molecule has 2 heterocycles. The Hall–Kier alpha value is -2.04. The number of nitrogens with one attached hydrogen (secondary N) is 1. The third-order valence-electron chi connectivity index (χ3n) is 2.73. The molecule has 0 aliphatic heterocycles. The maximum atomic E-state index is 10.6. The summed E-state index contributed by atoms with van der Waals surface area (Å²) >= 11 is 0. The van der Waals surface area contributed by atoms with Gasteiger partial charge in [0.25, 0.3) is 0 Å². The largest absolute Gasteiger partial charge is 0.494 e. The zero-order valence-corrected chi connectivity index (χ0v) is 10.1. The zero-order valence-electron chi connectivity index (χ0n) is 10.1. The molecule has 0 atom stereocenters. The third kappa shape index (κ3) is 1.84. The van der Waals surface area contributed by atoms with Crippen LogP contribution in [-0.4, -0.2) is 22.9 Å². The Kier molecular flexibility index (Phi) is 2.75. The first-order chi connectivity index (χ1) is 8.10. The van der Waals surface area contributed by atoms with Crippen LogP contribution in [0.2, 0.25) is 0 Å². The monoisotopic (exact) mass is 233 g/mol. The van der Waals surface area contributed by atoms with Crippen molar-refractivity contribution in [3.05, 3.63) is 30.4 Å². The first kappa shape index (κ1) is 11.4. The van der Waals surface area contributed by atoms with E-state index in [1.807, 2.05) is 36.6 Å². The number of pyridine rings is 1. The molecule has 17 heavy (non-hydrogen) atoms. The van der Waals surface area contributed by atoms with Crippen LogP contribution >= 0.6 is 0 Å². The number of fused-ring (bicyclic) bond motifs is 1. The number of amides is 1. The van der Waals surface area contributed by atoms with E-state index < -0.39 is 5.54 Å². The lowest BCUT2D eigenvalue weighted by Gasteiger charge is -2.22. The summed E-state index contributed by atoms with van der Waals surface area (Å²) in [6.07, 6.45) is 4.32.